The van der Waals surface area contributed by atoms with Crippen LogP contribution in [0, 0.1) is 0 Å². The Kier molecular flexibility index (Phi) is 3.32. The molecular formula is C6H13NO3. The summed E-state index contributed by atoms with van der Waals surface area (Å²) in [7, 11) is 0. The first kappa shape index (κ1) is 9.39. The van der Waals surface area contributed by atoms with E-state index in [1.54, 1.807) is 0 Å². The van der Waals surface area contributed by atoms with Gasteiger partial charge in [-0.25, -0.2) is 0 Å². The van der Waals surface area contributed by atoms with E-state index in [1.165, 1.54) is 0 Å². The summed E-state index contributed by atoms with van der Waals surface area (Å²) in [6.45, 7) is 0.595. The van der Waals surface area contributed by atoms with Crippen LogP contribution in [0.3, 0.4) is 0 Å². The summed E-state index contributed by atoms with van der Waals surface area (Å²) in [5, 5.41) is 19.9. The summed E-state index contributed by atoms with van der Waals surface area (Å²) >= 11 is 0. The Bertz CT molecular complexity index is 126. The molecule has 0 saturated carbocycles. The van der Waals surface area contributed by atoms with E-state index in [4.69, 9.17) is 10.2 Å². The van der Waals surface area contributed by atoms with E-state index >= 15 is 0 Å². The number of rotatable bonds is 1. The Morgan fingerprint density at radius 1 is 1.60 bits per heavy atom. The molecule has 1 fully saturated rings. The van der Waals surface area contributed by atoms with E-state index < -0.39 is 18.1 Å². The Labute approximate surface area is 59.9 Å². The van der Waals surface area contributed by atoms with Gasteiger partial charge in [0.1, 0.15) is 6.04 Å². The van der Waals surface area contributed by atoms with Gasteiger partial charge in [-0.05, 0) is 13.0 Å². The standard InChI is InChI=1S/C5H9NO3.CH4/c7-3-1-2-6-4(3)5(8)9;/h3-4,6-7H,1-2H2,(H,8,9);1H4/t3?,4-;/m0./s1. The maximum absolute atomic E-state index is 10.2. The zero-order chi connectivity index (χ0) is 6.85. The van der Waals surface area contributed by atoms with Crippen LogP contribution in [0.25, 0.3) is 0 Å². The molecule has 0 radical (unpaired) electrons. The number of carboxylic acid groups (broad SMARTS) is 1. The van der Waals surface area contributed by atoms with Crippen molar-refractivity contribution in [2.75, 3.05) is 6.54 Å². The molecule has 0 aromatic rings. The topological polar surface area (TPSA) is 69.6 Å². The minimum absolute atomic E-state index is 0. The Morgan fingerprint density at radius 3 is 2.40 bits per heavy atom. The molecule has 0 aliphatic carbocycles. The Hall–Kier alpha value is -0.610. The van der Waals surface area contributed by atoms with Crippen molar-refractivity contribution in [2.45, 2.75) is 26.0 Å². The van der Waals surface area contributed by atoms with Crippen LogP contribution in [0.15, 0.2) is 0 Å². The lowest BCUT2D eigenvalue weighted by Gasteiger charge is -2.06. The van der Waals surface area contributed by atoms with Crippen LogP contribution in [0.2, 0.25) is 0 Å². The first-order valence-corrected chi connectivity index (χ1v) is 2.86. The van der Waals surface area contributed by atoms with Gasteiger partial charge in [-0.3, -0.25) is 4.79 Å². The van der Waals surface area contributed by atoms with Gasteiger partial charge in [0.15, 0.2) is 0 Å². The van der Waals surface area contributed by atoms with Crippen molar-refractivity contribution >= 4 is 5.97 Å². The lowest BCUT2D eigenvalue weighted by molar-refractivity contribution is -0.141. The van der Waals surface area contributed by atoms with Gasteiger partial charge >= 0.3 is 5.97 Å². The molecule has 4 nitrogen and oxygen atoms in total. The third-order valence-corrected chi connectivity index (χ3v) is 1.46. The summed E-state index contributed by atoms with van der Waals surface area (Å²) in [4.78, 5) is 10.2. The second-order valence-electron chi connectivity index (χ2n) is 2.13. The average Bonchev–Trinajstić information content (AvgIpc) is 2.13. The molecule has 0 bridgehead atoms. The average molecular weight is 147 g/mol. The molecule has 1 rings (SSSR count). The predicted molar refractivity (Wildman–Crippen MR) is 36.8 cm³/mol. The maximum atomic E-state index is 10.2. The molecule has 4 heteroatoms. The van der Waals surface area contributed by atoms with Crippen LogP contribution >= 0.6 is 0 Å². The molecule has 60 valence electrons. The molecule has 10 heavy (non-hydrogen) atoms. The fraction of sp³-hybridized carbons (Fsp3) is 0.833. The van der Waals surface area contributed by atoms with E-state index in [-0.39, 0.29) is 7.43 Å². The molecule has 0 amide bonds. The van der Waals surface area contributed by atoms with Crippen molar-refractivity contribution < 1.29 is 15.0 Å². The van der Waals surface area contributed by atoms with Crippen molar-refractivity contribution in [3.8, 4) is 0 Å². The number of nitrogens with one attached hydrogen (secondary N) is 1. The van der Waals surface area contributed by atoms with E-state index in [0.29, 0.717) is 13.0 Å². The van der Waals surface area contributed by atoms with Gasteiger partial charge in [0, 0.05) is 0 Å². The monoisotopic (exact) mass is 147 g/mol. The zero-order valence-corrected chi connectivity index (χ0v) is 4.87. The van der Waals surface area contributed by atoms with Crippen molar-refractivity contribution in [2.24, 2.45) is 0 Å². The quantitative estimate of drug-likeness (QED) is 0.464. The fourth-order valence-corrected chi connectivity index (χ4v) is 0.941. The zero-order valence-electron chi connectivity index (χ0n) is 4.87. The number of aliphatic hydroxyl groups excluding tert-OH is 1. The lowest BCUT2D eigenvalue weighted by Crippen LogP contribution is -2.38. The highest BCUT2D eigenvalue weighted by atomic mass is 16.4. The number of carboxylic acids is 1. The van der Waals surface area contributed by atoms with Crippen molar-refractivity contribution in [1.29, 1.82) is 0 Å². The molecule has 1 aliphatic rings. The van der Waals surface area contributed by atoms with E-state index in [9.17, 15) is 4.79 Å². The minimum atomic E-state index is -0.972. The molecule has 1 unspecified atom stereocenters. The second-order valence-corrected chi connectivity index (χ2v) is 2.13. The number of hydrogen-bond donors (Lipinski definition) is 3. The molecule has 1 aliphatic heterocycles. The third kappa shape index (κ3) is 1.68. The first-order valence-electron chi connectivity index (χ1n) is 2.86. The van der Waals surface area contributed by atoms with Gasteiger partial charge in [-0.15, -0.1) is 0 Å². The van der Waals surface area contributed by atoms with Crippen LogP contribution in [-0.2, 0) is 4.79 Å². The maximum Gasteiger partial charge on any atom is 0.323 e. The SMILES string of the molecule is C.O=C(O)[C@H]1NCCC1O. The number of aliphatic hydroxyl groups is 1. The normalized spacial score (nSPS) is 31.3. The molecule has 3 N–H and O–H groups in total. The van der Waals surface area contributed by atoms with Gasteiger partial charge in [0.2, 0.25) is 0 Å². The van der Waals surface area contributed by atoms with Crippen LogP contribution in [0.5, 0.6) is 0 Å². The number of hydrogen-bond acceptors (Lipinski definition) is 3. The highest BCUT2D eigenvalue weighted by Gasteiger charge is 2.30. The molecule has 0 aromatic heterocycles. The smallest absolute Gasteiger partial charge is 0.323 e. The number of carbonyl (C=O) groups is 1. The van der Waals surface area contributed by atoms with Crippen LogP contribution in [-0.4, -0.2) is 34.9 Å². The van der Waals surface area contributed by atoms with E-state index in [1.807, 2.05) is 0 Å². The van der Waals surface area contributed by atoms with Gasteiger partial charge in [0.05, 0.1) is 6.10 Å². The molecule has 1 heterocycles. The van der Waals surface area contributed by atoms with Gasteiger partial charge in [0.25, 0.3) is 0 Å². The van der Waals surface area contributed by atoms with Gasteiger partial charge in [-0.2, -0.15) is 0 Å². The van der Waals surface area contributed by atoms with Crippen molar-refractivity contribution in [1.82, 2.24) is 5.32 Å². The fourth-order valence-electron chi connectivity index (χ4n) is 0.941. The molecular weight excluding hydrogens is 134 g/mol. The minimum Gasteiger partial charge on any atom is -0.480 e. The van der Waals surface area contributed by atoms with Crippen molar-refractivity contribution in [3.63, 3.8) is 0 Å². The van der Waals surface area contributed by atoms with Crippen LogP contribution in [0.4, 0.5) is 0 Å². The Morgan fingerprint density at radius 2 is 2.20 bits per heavy atom. The van der Waals surface area contributed by atoms with Crippen LogP contribution < -0.4 is 5.32 Å². The van der Waals surface area contributed by atoms with E-state index in [0.717, 1.165) is 0 Å². The summed E-state index contributed by atoms with van der Waals surface area (Å²) in [5.74, 6) is -0.972. The molecule has 1 saturated heterocycles. The largest absolute Gasteiger partial charge is 0.480 e. The second kappa shape index (κ2) is 3.53. The summed E-state index contributed by atoms with van der Waals surface area (Å²) in [6.07, 6.45) is -0.167. The van der Waals surface area contributed by atoms with Gasteiger partial charge in [-0.1, -0.05) is 7.43 Å². The lowest BCUT2D eigenvalue weighted by atomic mass is 10.2. The third-order valence-electron chi connectivity index (χ3n) is 1.46. The first-order chi connectivity index (χ1) is 4.22. The Balaban J connectivity index is 0.000000810. The number of aliphatic carboxylic acids is 1. The van der Waals surface area contributed by atoms with Gasteiger partial charge < -0.3 is 15.5 Å². The highest BCUT2D eigenvalue weighted by molar-refractivity contribution is 5.74. The van der Waals surface area contributed by atoms with Crippen molar-refractivity contribution in [3.05, 3.63) is 0 Å². The molecule has 0 spiro atoms. The summed E-state index contributed by atoms with van der Waals surface area (Å²) < 4.78 is 0. The predicted octanol–water partition coefficient (Wildman–Crippen LogP) is -0.570. The molecule has 0 aromatic carbocycles. The van der Waals surface area contributed by atoms with Crippen LogP contribution in [0.1, 0.15) is 13.8 Å². The summed E-state index contributed by atoms with van der Waals surface area (Å²) in [5.41, 5.74) is 0. The van der Waals surface area contributed by atoms with E-state index in [2.05, 4.69) is 5.32 Å². The molecule has 2 atom stereocenters. The highest BCUT2D eigenvalue weighted by Crippen LogP contribution is 2.05. The summed E-state index contributed by atoms with van der Waals surface area (Å²) in [6, 6.07) is -0.745.